The van der Waals surface area contributed by atoms with Crippen molar-refractivity contribution in [2.24, 2.45) is 22.1 Å². The molecule has 6 rings (SSSR count). The van der Waals surface area contributed by atoms with Crippen LogP contribution in [0.4, 0.5) is 13.2 Å². The Balaban J connectivity index is 0.000000516. The fraction of sp³-hybridized carbons (Fsp3) is 0.562. The van der Waals surface area contributed by atoms with Crippen molar-refractivity contribution < 1.29 is 17.7 Å². The van der Waals surface area contributed by atoms with Gasteiger partial charge in [-0.3, -0.25) is 13.9 Å². The highest BCUT2D eigenvalue weighted by atomic mass is 19.4. The highest BCUT2D eigenvalue weighted by Crippen LogP contribution is 2.34. The van der Waals surface area contributed by atoms with E-state index < -0.39 is 17.4 Å². The molecule has 3 aromatic rings. The molecule has 1 saturated heterocycles. The van der Waals surface area contributed by atoms with Gasteiger partial charge in [0, 0.05) is 31.9 Å². The molecule has 4 heterocycles. The van der Waals surface area contributed by atoms with Crippen molar-refractivity contribution in [2.75, 3.05) is 20.1 Å². The second-order valence-electron chi connectivity index (χ2n) is 11.7. The molecule has 2 atom stereocenters. The SMILES string of the molecule is CC.CC1CCC1.C[C@H]1CCCN(Cc2cc(C(F)(F)F)c3cn(-c4cccc(CC5N=NC=[N+]5C)c4)c(=O)n3c2)C1. The largest absolute Gasteiger partial charge is 0.418 e. The molecule has 3 aliphatic rings. The van der Waals surface area contributed by atoms with E-state index in [1.54, 1.807) is 24.7 Å². The number of imidazole rings is 1. The molecule has 1 aliphatic carbocycles. The molecule has 1 unspecified atom stereocenters. The van der Waals surface area contributed by atoms with Crippen molar-refractivity contribution in [1.29, 1.82) is 0 Å². The lowest BCUT2D eigenvalue weighted by molar-refractivity contribution is -0.526. The van der Waals surface area contributed by atoms with E-state index >= 15 is 0 Å². The van der Waals surface area contributed by atoms with Crippen LogP contribution in [0.2, 0.25) is 0 Å². The summed E-state index contributed by atoms with van der Waals surface area (Å²) in [6, 6.07) is 8.42. The molecule has 42 heavy (non-hydrogen) atoms. The number of pyridine rings is 1. The highest BCUT2D eigenvalue weighted by Gasteiger charge is 2.35. The first kappa shape index (κ1) is 31.7. The number of azo groups is 1. The number of rotatable bonds is 5. The van der Waals surface area contributed by atoms with Gasteiger partial charge in [-0.1, -0.05) is 59.1 Å². The van der Waals surface area contributed by atoms with Crippen LogP contribution in [0.1, 0.15) is 76.5 Å². The fourth-order valence-corrected chi connectivity index (χ4v) is 5.62. The van der Waals surface area contributed by atoms with Crippen molar-refractivity contribution in [1.82, 2.24) is 13.9 Å². The molecule has 0 amide bonds. The van der Waals surface area contributed by atoms with Gasteiger partial charge in [-0.15, -0.1) is 0 Å². The average Bonchev–Trinajstić information content (AvgIpc) is 3.50. The number of benzene rings is 1. The molecule has 0 radical (unpaired) electrons. The summed E-state index contributed by atoms with van der Waals surface area (Å²) >= 11 is 0. The quantitative estimate of drug-likeness (QED) is 0.298. The summed E-state index contributed by atoms with van der Waals surface area (Å²) in [5.74, 6) is 1.57. The minimum Gasteiger partial charge on any atom is -0.299 e. The topological polar surface area (TPSA) is 57.4 Å². The maximum atomic E-state index is 14.0. The van der Waals surface area contributed by atoms with Crippen LogP contribution in [0, 0.1) is 11.8 Å². The summed E-state index contributed by atoms with van der Waals surface area (Å²) in [5, 5.41) is 8.07. The molecule has 1 saturated carbocycles. The Morgan fingerprint density at radius 1 is 1.00 bits per heavy atom. The average molecular weight is 586 g/mol. The maximum Gasteiger partial charge on any atom is 0.418 e. The lowest BCUT2D eigenvalue weighted by Crippen LogP contribution is -2.34. The number of piperidine rings is 1. The summed E-state index contributed by atoms with van der Waals surface area (Å²) < 4.78 is 46.4. The van der Waals surface area contributed by atoms with E-state index in [1.807, 2.05) is 37.6 Å². The molecule has 0 spiro atoms. The minimum atomic E-state index is -4.58. The normalized spacial score (nSPS) is 20.8. The van der Waals surface area contributed by atoms with Crippen LogP contribution in [0.3, 0.4) is 0 Å². The first-order valence-electron chi connectivity index (χ1n) is 15.2. The smallest absolute Gasteiger partial charge is 0.299 e. The highest BCUT2D eigenvalue weighted by molar-refractivity contribution is 5.58. The summed E-state index contributed by atoms with van der Waals surface area (Å²) in [6.45, 7) is 10.5. The number of fused-ring (bicyclic) bond motifs is 1. The van der Waals surface area contributed by atoms with Gasteiger partial charge in [-0.25, -0.2) is 9.37 Å². The van der Waals surface area contributed by atoms with Crippen LogP contribution in [0.25, 0.3) is 11.2 Å². The summed E-state index contributed by atoms with van der Waals surface area (Å²) in [6.07, 6.45) is 6.93. The van der Waals surface area contributed by atoms with E-state index in [1.165, 1.54) is 36.1 Å². The zero-order chi connectivity index (χ0) is 30.4. The van der Waals surface area contributed by atoms with E-state index in [9.17, 15) is 18.0 Å². The Hall–Kier alpha value is -3.27. The monoisotopic (exact) mass is 585 g/mol. The third-order valence-corrected chi connectivity index (χ3v) is 8.18. The van der Waals surface area contributed by atoms with E-state index in [2.05, 4.69) is 29.0 Å². The molecule has 1 aromatic carbocycles. The van der Waals surface area contributed by atoms with Crippen molar-refractivity contribution in [3.63, 3.8) is 0 Å². The number of alkyl halides is 3. The molecule has 0 N–H and O–H groups in total. The Labute approximate surface area is 246 Å². The molecule has 2 aromatic heterocycles. The number of hydrogen-bond donors (Lipinski definition) is 0. The Morgan fingerprint density at radius 2 is 1.71 bits per heavy atom. The molecule has 0 bridgehead atoms. The summed E-state index contributed by atoms with van der Waals surface area (Å²) in [7, 11) is 1.88. The van der Waals surface area contributed by atoms with Crippen molar-refractivity contribution in [3.8, 4) is 5.69 Å². The fourth-order valence-electron chi connectivity index (χ4n) is 5.62. The standard InChI is InChI=1S/C25H28F3N6O.C5H10.C2H6/c1-17-5-4-8-32(12-17)13-19-10-21(25(26,27)28)22-15-33(24(35)34(22)14-19)20-7-3-6-18(9-20)11-23-30-29-16-31(23)2;1-5-3-2-4-5;1-2/h3,6-7,9-10,14-17,23H,4-5,8,11-13H2,1-2H3;5H,2-4H2,1H3;1-2H3/q+1;;/t17-,23?;;/m0../s1. The second kappa shape index (κ2) is 13.8. The lowest BCUT2D eigenvalue weighted by Gasteiger charge is -2.31. The number of likely N-dealkylation sites (N-methyl/N-ethyl adjacent to an activating group) is 1. The Kier molecular flexibility index (Phi) is 10.4. The minimum absolute atomic E-state index is 0.146. The van der Waals surface area contributed by atoms with Gasteiger partial charge in [0.2, 0.25) is 6.17 Å². The third kappa shape index (κ3) is 7.56. The Morgan fingerprint density at radius 3 is 2.31 bits per heavy atom. The Bertz CT molecular complexity index is 1470. The molecule has 10 heteroatoms. The van der Waals surface area contributed by atoms with Crippen LogP contribution in [0.15, 0.2) is 57.7 Å². The summed E-state index contributed by atoms with van der Waals surface area (Å²) in [4.78, 5) is 15.5. The van der Waals surface area contributed by atoms with E-state index in [0.717, 1.165) is 41.8 Å². The molecule has 2 fully saturated rings. The van der Waals surface area contributed by atoms with Gasteiger partial charge in [0.25, 0.3) is 0 Å². The van der Waals surface area contributed by atoms with Gasteiger partial charge < -0.3 is 0 Å². The van der Waals surface area contributed by atoms with Crippen LogP contribution in [-0.4, -0.2) is 51.1 Å². The maximum absolute atomic E-state index is 14.0. The van der Waals surface area contributed by atoms with Crippen molar-refractivity contribution in [2.45, 2.75) is 85.1 Å². The van der Waals surface area contributed by atoms with Gasteiger partial charge >= 0.3 is 18.2 Å². The van der Waals surface area contributed by atoms with Gasteiger partial charge in [0.05, 0.1) is 28.9 Å². The van der Waals surface area contributed by atoms with Gasteiger partial charge in [-0.05, 0) is 65.7 Å². The molecular weight excluding hydrogens is 541 g/mol. The van der Waals surface area contributed by atoms with Crippen LogP contribution < -0.4 is 5.69 Å². The zero-order valence-corrected chi connectivity index (χ0v) is 25.4. The third-order valence-electron chi connectivity index (χ3n) is 8.18. The van der Waals surface area contributed by atoms with Crippen LogP contribution >= 0.6 is 0 Å². The van der Waals surface area contributed by atoms with Gasteiger partial charge in [-0.2, -0.15) is 13.2 Å². The van der Waals surface area contributed by atoms with E-state index in [4.69, 9.17) is 0 Å². The lowest BCUT2D eigenvalue weighted by atomic mass is 9.88. The number of aromatic nitrogens is 2. The van der Waals surface area contributed by atoms with Crippen LogP contribution in [0.5, 0.6) is 0 Å². The van der Waals surface area contributed by atoms with E-state index in [-0.39, 0.29) is 11.7 Å². The van der Waals surface area contributed by atoms with Crippen molar-refractivity contribution in [3.05, 3.63) is 69.9 Å². The predicted octanol–water partition coefficient (Wildman–Crippen LogP) is 7.18. The number of hydrogen-bond acceptors (Lipinski definition) is 4. The number of nitrogens with zero attached hydrogens (tertiary/aromatic N) is 6. The number of likely N-dealkylation sites (tertiary alicyclic amines) is 1. The molecule has 2 aliphatic heterocycles. The predicted molar refractivity (Wildman–Crippen MR) is 161 cm³/mol. The first-order valence-corrected chi connectivity index (χ1v) is 15.2. The summed E-state index contributed by atoms with van der Waals surface area (Å²) in [5.41, 5.74) is 0.433. The van der Waals surface area contributed by atoms with Gasteiger partial charge in [0.15, 0.2) is 0 Å². The van der Waals surface area contributed by atoms with Gasteiger partial charge in [0.1, 0.15) is 0 Å². The molecular formula is C32H44F3N6O+. The first-order chi connectivity index (χ1) is 20.1. The zero-order valence-electron chi connectivity index (χ0n) is 25.4. The van der Waals surface area contributed by atoms with Crippen molar-refractivity contribution >= 4 is 11.9 Å². The number of halogens is 3. The molecule has 228 valence electrons. The van der Waals surface area contributed by atoms with Crippen LogP contribution in [-0.2, 0) is 19.1 Å². The molecule has 7 nitrogen and oxygen atoms in total. The van der Waals surface area contributed by atoms with E-state index in [0.29, 0.717) is 30.1 Å². The second-order valence-corrected chi connectivity index (χ2v) is 11.7.